The van der Waals surface area contributed by atoms with Gasteiger partial charge in [0.15, 0.2) is 0 Å². The Morgan fingerprint density at radius 1 is 0.595 bits per heavy atom. The van der Waals surface area contributed by atoms with Crippen molar-refractivity contribution < 1.29 is 30.0 Å². The number of hydrogen-bond donors (Lipinski definition) is 4. The molecule has 206 valence electrons. The van der Waals surface area contributed by atoms with Crippen molar-refractivity contribution in [2.75, 3.05) is 0 Å². The highest BCUT2D eigenvalue weighted by Crippen LogP contribution is 2.40. The van der Waals surface area contributed by atoms with E-state index >= 15 is 0 Å². The Kier molecular flexibility index (Phi) is 10.4. The fourth-order valence-corrected chi connectivity index (χ4v) is 4.05. The average Bonchev–Trinajstić information content (AvgIpc) is 2.71. The minimum Gasteiger partial charge on any atom is -0.507 e. The standard InChI is InChI=1S/C17H26O3.C14H20O3/c1-16(2,3)12-9-11(7-8-14(18)19)10-13(15(12)20)17(4,5)6;1-9-7-10(5-6-12(15)16)8-11(13(9)17)14(2,3)4/h9-10,20H,7-8H2,1-6H3,(H,18,19);7-8,17H,5-6H2,1-4H3,(H,15,16). The minimum atomic E-state index is -0.798. The van der Waals surface area contributed by atoms with E-state index in [1.807, 2.05) is 52.0 Å². The van der Waals surface area contributed by atoms with Gasteiger partial charge in [0.2, 0.25) is 0 Å². The summed E-state index contributed by atoms with van der Waals surface area (Å²) in [5.74, 6) is -0.943. The van der Waals surface area contributed by atoms with Gasteiger partial charge < -0.3 is 20.4 Å². The van der Waals surface area contributed by atoms with Crippen LogP contribution in [0.2, 0.25) is 0 Å². The maximum Gasteiger partial charge on any atom is 0.303 e. The summed E-state index contributed by atoms with van der Waals surface area (Å²) in [5, 5.41) is 38.1. The molecule has 0 saturated heterocycles. The summed E-state index contributed by atoms with van der Waals surface area (Å²) in [7, 11) is 0. The molecule has 2 aromatic rings. The molecule has 2 aromatic carbocycles. The number of carboxylic acid groups (broad SMARTS) is 2. The van der Waals surface area contributed by atoms with Crippen molar-refractivity contribution >= 4 is 11.9 Å². The predicted octanol–water partition coefficient (Wildman–Crippen LogP) is 7.02. The minimum absolute atomic E-state index is 0.109. The zero-order valence-corrected chi connectivity index (χ0v) is 24.2. The fourth-order valence-electron chi connectivity index (χ4n) is 4.05. The van der Waals surface area contributed by atoms with Crippen molar-refractivity contribution in [1.29, 1.82) is 0 Å². The lowest BCUT2D eigenvalue weighted by Crippen LogP contribution is -2.18. The van der Waals surface area contributed by atoms with E-state index in [4.69, 9.17) is 10.2 Å². The number of hydrogen-bond acceptors (Lipinski definition) is 4. The van der Waals surface area contributed by atoms with E-state index < -0.39 is 11.9 Å². The van der Waals surface area contributed by atoms with Crippen molar-refractivity contribution in [2.45, 2.75) is 111 Å². The van der Waals surface area contributed by atoms with Crippen LogP contribution in [0.15, 0.2) is 24.3 Å². The Labute approximate surface area is 222 Å². The molecule has 0 spiro atoms. The highest BCUT2D eigenvalue weighted by Gasteiger charge is 2.26. The number of phenols is 2. The van der Waals surface area contributed by atoms with E-state index in [9.17, 15) is 19.8 Å². The Morgan fingerprint density at radius 2 is 0.892 bits per heavy atom. The molecule has 4 N–H and O–H groups in total. The molecular weight excluding hydrogens is 468 g/mol. The Hall–Kier alpha value is -3.02. The van der Waals surface area contributed by atoms with Crippen LogP contribution < -0.4 is 0 Å². The van der Waals surface area contributed by atoms with Crippen molar-refractivity contribution in [1.82, 2.24) is 0 Å². The fraction of sp³-hybridized carbons (Fsp3) is 0.548. The quantitative estimate of drug-likeness (QED) is 0.329. The van der Waals surface area contributed by atoms with Crippen LogP contribution in [0.4, 0.5) is 0 Å². The SMILES string of the molecule is CC(C)(C)c1cc(CCC(=O)O)cc(C(C)(C)C)c1O.Cc1cc(CCC(=O)O)cc(C(C)(C)C)c1O. The predicted molar refractivity (Wildman–Crippen MR) is 149 cm³/mol. The van der Waals surface area contributed by atoms with Gasteiger partial charge in [0.1, 0.15) is 11.5 Å². The van der Waals surface area contributed by atoms with Gasteiger partial charge in [-0.3, -0.25) is 9.59 Å². The lowest BCUT2D eigenvalue weighted by Gasteiger charge is -2.28. The topological polar surface area (TPSA) is 115 Å². The first-order valence-corrected chi connectivity index (χ1v) is 12.8. The highest BCUT2D eigenvalue weighted by molar-refractivity contribution is 5.67. The number of carboxylic acids is 2. The second-order valence-electron chi connectivity index (χ2n) is 12.9. The van der Waals surface area contributed by atoms with Crippen LogP contribution in [-0.4, -0.2) is 32.4 Å². The number of rotatable bonds is 6. The zero-order valence-electron chi connectivity index (χ0n) is 24.2. The molecule has 37 heavy (non-hydrogen) atoms. The van der Waals surface area contributed by atoms with E-state index in [0.717, 1.165) is 33.4 Å². The third-order valence-corrected chi connectivity index (χ3v) is 6.21. The van der Waals surface area contributed by atoms with Gasteiger partial charge in [-0.15, -0.1) is 0 Å². The first-order chi connectivity index (χ1) is 16.6. The van der Waals surface area contributed by atoms with Crippen LogP contribution in [0.25, 0.3) is 0 Å². The molecule has 0 aromatic heterocycles. The van der Waals surface area contributed by atoms with Gasteiger partial charge in [-0.1, -0.05) is 86.6 Å². The molecule has 0 amide bonds. The summed E-state index contributed by atoms with van der Waals surface area (Å²) in [6, 6.07) is 7.64. The molecule has 0 bridgehead atoms. The molecule has 0 heterocycles. The maximum absolute atomic E-state index is 10.8. The Balaban J connectivity index is 0.000000375. The van der Waals surface area contributed by atoms with Crippen LogP contribution in [0, 0.1) is 6.92 Å². The van der Waals surface area contributed by atoms with Gasteiger partial charge in [-0.05, 0) is 69.4 Å². The summed E-state index contributed by atoms with van der Waals surface area (Å²) in [5.41, 5.74) is 4.87. The van der Waals surface area contributed by atoms with Crippen molar-refractivity contribution in [3.63, 3.8) is 0 Å². The average molecular weight is 515 g/mol. The normalized spacial score (nSPS) is 12.1. The Bertz CT molecular complexity index is 1070. The third-order valence-electron chi connectivity index (χ3n) is 6.21. The van der Waals surface area contributed by atoms with Crippen molar-refractivity contribution in [2.24, 2.45) is 0 Å². The van der Waals surface area contributed by atoms with Crippen molar-refractivity contribution in [3.05, 3.63) is 57.6 Å². The first-order valence-electron chi connectivity index (χ1n) is 12.8. The molecule has 6 heteroatoms. The molecule has 0 aliphatic heterocycles. The van der Waals surface area contributed by atoms with Gasteiger partial charge in [-0.25, -0.2) is 0 Å². The second-order valence-corrected chi connectivity index (χ2v) is 12.9. The molecule has 0 aliphatic carbocycles. The van der Waals surface area contributed by atoms with E-state index in [1.54, 1.807) is 0 Å². The number of aryl methyl sites for hydroxylation is 3. The van der Waals surface area contributed by atoms with E-state index in [2.05, 4.69) is 41.5 Å². The largest absolute Gasteiger partial charge is 0.507 e. The lowest BCUT2D eigenvalue weighted by molar-refractivity contribution is -0.138. The number of phenolic OH excluding ortho intramolecular Hbond substituents is 2. The third kappa shape index (κ3) is 9.75. The number of benzene rings is 2. The second kappa shape index (κ2) is 12.0. The summed E-state index contributed by atoms with van der Waals surface area (Å²) in [6.07, 6.45) is 1.22. The molecule has 0 radical (unpaired) electrons. The number of carbonyl (C=O) groups is 2. The molecule has 0 unspecified atom stereocenters. The zero-order chi connectivity index (χ0) is 28.9. The van der Waals surface area contributed by atoms with Crippen LogP contribution in [0.5, 0.6) is 11.5 Å². The lowest BCUT2D eigenvalue weighted by atomic mass is 9.78. The summed E-state index contributed by atoms with van der Waals surface area (Å²) >= 11 is 0. The molecule has 6 nitrogen and oxygen atoms in total. The van der Waals surface area contributed by atoms with E-state index in [0.29, 0.717) is 24.3 Å². The molecule has 2 rings (SSSR count). The number of aliphatic carboxylic acids is 2. The van der Waals surface area contributed by atoms with Gasteiger partial charge in [-0.2, -0.15) is 0 Å². The monoisotopic (exact) mass is 514 g/mol. The Morgan fingerprint density at radius 3 is 1.19 bits per heavy atom. The first kappa shape index (κ1) is 32.0. The van der Waals surface area contributed by atoms with Crippen LogP contribution >= 0.6 is 0 Å². The summed E-state index contributed by atoms with van der Waals surface area (Å²) < 4.78 is 0. The molecule has 0 aliphatic rings. The van der Waals surface area contributed by atoms with E-state index in [-0.39, 0.29) is 29.1 Å². The number of aromatic hydroxyl groups is 2. The summed E-state index contributed by atoms with van der Waals surface area (Å²) in [6.45, 7) is 20.2. The molecular formula is C31H46O6. The van der Waals surface area contributed by atoms with Gasteiger partial charge in [0.25, 0.3) is 0 Å². The van der Waals surface area contributed by atoms with Crippen LogP contribution in [0.1, 0.15) is 109 Å². The molecule has 0 fully saturated rings. The summed E-state index contributed by atoms with van der Waals surface area (Å²) in [4.78, 5) is 21.3. The maximum atomic E-state index is 10.8. The smallest absolute Gasteiger partial charge is 0.303 e. The van der Waals surface area contributed by atoms with Crippen LogP contribution in [-0.2, 0) is 38.7 Å². The van der Waals surface area contributed by atoms with Crippen LogP contribution in [0.3, 0.4) is 0 Å². The molecule has 0 saturated carbocycles. The molecule has 0 atom stereocenters. The van der Waals surface area contributed by atoms with Gasteiger partial charge >= 0.3 is 11.9 Å². The highest BCUT2D eigenvalue weighted by atomic mass is 16.4. The van der Waals surface area contributed by atoms with Gasteiger partial charge in [0, 0.05) is 12.8 Å². The van der Waals surface area contributed by atoms with E-state index in [1.165, 1.54) is 0 Å². The van der Waals surface area contributed by atoms with Crippen molar-refractivity contribution in [3.8, 4) is 11.5 Å². The van der Waals surface area contributed by atoms with Gasteiger partial charge in [0.05, 0.1) is 0 Å².